The summed E-state index contributed by atoms with van der Waals surface area (Å²) in [6.07, 6.45) is 1.07. The van der Waals surface area contributed by atoms with Gasteiger partial charge in [-0.2, -0.15) is 0 Å². The number of hydrogen-bond donors (Lipinski definition) is 2. The van der Waals surface area contributed by atoms with Crippen molar-refractivity contribution in [2.75, 3.05) is 19.0 Å². The van der Waals surface area contributed by atoms with Gasteiger partial charge in [-0.1, -0.05) is 6.07 Å². The van der Waals surface area contributed by atoms with Crippen molar-refractivity contribution in [1.29, 1.82) is 0 Å². The lowest BCUT2D eigenvalue weighted by molar-refractivity contribution is -0.118. The predicted octanol–water partition coefficient (Wildman–Crippen LogP) is 1.70. The fourth-order valence-electron chi connectivity index (χ4n) is 2.67. The highest BCUT2D eigenvalue weighted by Crippen LogP contribution is 2.31. The van der Waals surface area contributed by atoms with Crippen molar-refractivity contribution in [1.82, 2.24) is 0 Å². The van der Waals surface area contributed by atoms with Gasteiger partial charge in [0.15, 0.2) is 0 Å². The number of anilines is 1. The number of amides is 1. The van der Waals surface area contributed by atoms with Crippen LogP contribution in [-0.2, 0) is 9.47 Å². The summed E-state index contributed by atoms with van der Waals surface area (Å²) >= 11 is 0. The van der Waals surface area contributed by atoms with Gasteiger partial charge < -0.3 is 20.5 Å². The van der Waals surface area contributed by atoms with Gasteiger partial charge in [0.2, 0.25) is 5.91 Å². The molecule has 3 unspecified atom stereocenters. The number of ether oxygens (including phenoxy) is 2. The quantitative estimate of drug-likeness (QED) is 0.830. The van der Waals surface area contributed by atoms with E-state index < -0.39 is 5.91 Å². The van der Waals surface area contributed by atoms with E-state index in [9.17, 15) is 4.79 Å². The summed E-state index contributed by atoms with van der Waals surface area (Å²) in [5.74, 6) is -0.407. The van der Waals surface area contributed by atoms with Crippen LogP contribution in [0.5, 0.6) is 0 Å². The van der Waals surface area contributed by atoms with Gasteiger partial charge >= 0.3 is 0 Å². The van der Waals surface area contributed by atoms with E-state index in [-0.39, 0.29) is 18.2 Å². The van der Waals surface area contributed by atoms with Crippen molar-refractivity contribution in [2.45, 2.75) is 38.5 Å². The highest BCUT2D eigenvalue weighted by Gasteiger charge is 2.42. The Morgan fingerprint density at radius 2 is 2.25 bits per heavy atom. The van der Waals surface area contributed by atoms with Gasteiger partial charge in [0.1, 0.15) is 6.10 Å². The monoisotopic (exact) mass is 278 g/mol. The van der Waals surface area contributed by atoms with Gasteiger partial charge in [-0.05, 0) is 38.0 Å². The molecule has 2 rings (SSSR count). The third-order valence-corrected chi connectivity index (χ3v) is 3.84. The topological polar surface area (TPSA) is 73.6 Å². The molecule has 5 heteroatoms. The third-order valence-electron chi connectivity index (χ3n) is 3.84. The van der Waals surface area contributed by atoms with Crippen LogP contribution in [0.25, 0.3) is 0 Å². The number of carbonyl (C=O) groups excluding carboxylic acids is 1. The van der Waals surface area contributed by atoms with Crippen LogP contribution >= 0.6 is 0 Å². The van der Waals surface area contributed by atoms with Crippen molar-refractivity contribution >= 4 is 11.6 Å². The zero-order chi connectivity index (χ0) is 14.7. The second-order valence-electron chi connectivity index (χ2n) is 5.02. The number of hydrogen-bond acceptors (Lipinski definition) is 4. The Hall–Kier alpha value is -1.59. The van der Waals surface area contributed by atoms with Crippen molar-refractivity contribution in [3.05, 3.63) is 29.3 Å². The van der Waals surface area contributed by atoms with Gasteiger partial charge in [0, 0.05) is 25.0 Å². The average Bonchev–Trinajstić information content (AvgIpc) is 2.39. The van der Waals surface area contributed by atoms with E-state index >= 15 is 0 Å². The molecule has 0 bridgehead atoms. The molecule has 0 aliphatic heterocycles. The number of primary amides is 1. The molecule has 1 amide bonds. The molecule has 0 saturated heterocycles. The normalized spacial score (nSPS) is 25.1. The molecular formula is C15H22N2O3. The lowest BCUT2D eigenvalue weighted by Crippen LogP contribution is -2.56. The molecule has 1 fully saturated rings. The molecule has 5 nitrogen and oxygen atoms in total. The number of carbonyl (C=O) groups is 1. The van der Waals surface area contributed by atoms with Gasteiger partial charge in [0.25, 0.3) is 0 Å². The summed E-state index contributed by atoms with van der Waals surface area (Å²) < 4.78 is 11.1. The summed E-state index contributed by atoms with van der Waals surface area (Å²) in [4.78, 5) is 11.4. The van der Waals surface area contributed by atoms with Crippen LogP contribution < -0.4 is 11.1 Å². The Balaban J connectivity index is 2.08. The fourth-order valence-corrected chi connectivity index (χ4v) is 2.67. The van der Waals surface area contributed by atoms with E-state index in [1.165, 1.54) is 0 Å². The molecule has 0 heterocycles. The molecule has 0 aromatic heterocycles. The van der Waals surface area contributed by atoms with E-state index in [2.05, 4.69) is 5.32 Å². The lowest BCUT2D eigenvalue weighted by Gasteiger charge is -2.44. The zero-order valence-corrected chi connectivity index (χ0v) is 12.2. The van der Waals surface area contributed by atoms with E-state index in [4.69, 9.17) is 15.2 Å². The first-order chi connectivity index (χ1) is 9.58. The SMILES string of the molecule is CCOC1CC(Nc2cccc(C(N)=O)c2C)C1OC. The standard InChI is InChI=1S/C15H22N2O3/c1-4-20-13-8-12(14(13)19-3)17-11-7-5-6-10(9(11)2)15(16)18/h5-7,12-14,17H,4,8H2,1-3H3,(H2,16,18). The van der Waals surface area contributed by atoms with Crippen molar-refractivity contribution in [3.8, 4) is 0 Å². The molecule has 0 radical (unpaired) electrons. The van der Waals surface area contributed by atoms with E-state index in [0.717, 1.165) is 17.7 Å². The summed E-state index contributed by atoms with van der Waals surface area (Å²) in [6.45, 7) is 4.56. The molecular weight excluding hydrogens is 256 g/mol. The molecule has 110 valence electrons. The lowest BCUT2D eigenvalue weighted by atomic mass is 9.84. The smallest absolute Gasteiger partial charge is 0.249 e. The van der Waals surface area contributed by atoms with Crippen LogP contribution in [0.2, 0.25) is 0 Å². The summed E-state index contributed by atoms with van der Waals surface area (Å²) in [6, 6.07) is 5.71. The highest BCUT2D eigenvalue weighted by atomic mass is 16.5. The molecule has 0 spiro atoms. The van der Waals surface area contributed by atoms with Crippen LogP contribution in [0.15, 0.2) is 18.2 Å². The van der Waals surface area contributed by atoms with Crippen LogP contribution in [-0.4, -0.2) is 37.9 Å². The maximum atomic E-state index is 11.4. The van der Waals surface area contributed by atoms with Crippen LogP contribution in [0.4, 0.5) is 5.69 Å². The molecule has 1 saturated carbocycles. The summed E-state index contributed by atoms with van der Waals surface area (Å²) in [5, 5.41) is 3.42. The maximum Gasteiger partial charge on any atom is 0.249 e. The number of nitrogens with two attached hydrogens (primary N) is 1. The molecule has 3 atom stereocenters. The zero-order valence-electron chi connectivity index (χ0n) is 12.2. The molecule has 1 aromatic rings. The Morgan fingerprint density at radius 1 is 1.50 bits per heavy atom. The van der Waals surface area contributed by atoms with Gasteiger partial charge in [-0.25, -0.2) is 0 Å². The van der Waals surface area contributed by atoms with Crippen LogP contribution in [0.1, 0.15) is 29.3 Å². The first kappa shape index (κ1) is 14.8. The first-order valence-corrected chi connectivity index (χ1v) is 6.88. The number of rotatable bonds is 6. The molecule has 3 N–H and O–H groups in total. The van der Waals surface area contributed by atoms with Crippen molar-refractivity contribution < 1.29 is 14.3 Å². The maximum absolute atomic E-state index is 11.4. The van der Waals surface area contributed by atoms with Crippen LogP contribution in [0, 0.1) is 6.92 Å². The third kappa shape index (κ3) is 2.78. The second kappa shape index (κ2) is 6.24. The number of methoxy groups -OCH3 is 1. The van der Waals surface area contributed by atoms with Gasteiger partial charge in [0.05, 0.1) is 12.1 Å². The number of nitrogens with one attached hydrogen (secondary N) is 1. The number of benzene rings is 1. The van der Waals surface area contributed by atoms with Gasteiger partial charge in [-0.15, -0.1) is 0 Å². The van der Waals surface area contributed by atoms with Crippen molar-refractivity contribution in [2.24, 2.45) is 5.73 Å². The summed E-state index contributed by atoms with van der Waals surface area (Å²) in [5.41, 5.74) is 7.70. The van der Waals surface area contributed by atoms with Gasteiger partial charge in [-0.3, -0.25) is 4.79 Å². The largest absolute Gasteiger partial charge is 0.379 e. The molecule has 20 heavy (non-hydrogen) atoms. The first-order valence-electron chi connectivity index (χ1n) is 6.88. The fraction of sp³-hybridized carbons (Fsp3) is 0.533. The molecule has 1 aliphatic carbocycles. The molecule has 1 aliphatic rings. The van der Waals surface area contributed by atoms with E-state index in [1.807, 2.05) is 26.0 Å². The van der Waals surface area contributed by atoms with Crippen LogP contribution in [0.3, 0.4) is 0 Å². The summed E-state index contributed by atoms with van der Waals surface area (Å²) in [7, 11) is 1.69. The highest BCUT2D eigenvalue weighted by molar-refractivity contribution is 5.95. The Morgan fingerprint density at radius 3 is 2.85 bits per heavy atom. The van der Waals surface area contributed by atoms with Crippen molar-refractivity contribution in [3.63, 3.8) is 0 Å². The minimum atomic E-state index is -0.407. The Labute approximate surface area is 119 Å². The Kier molecular flexibility index (Phi) is 4.62. The molecule has 1 aromatic carbocycles. The minimum absolute atomic E-state index is 0.0339. The predicted molar refractivity (Wildman–Crippen MR) is 77.9 cm³/mol. The second-order valence-corrected chi connectivity index (χ2v) is 5.02. The Bertz CT molecular complexity index is 490. The van der Waals surface area contributed by atoms with E-state index in [0.29, 0.717) is 12.2 Å². The average molecular weight is 278 g/mol. The van der Waals surface area contributed by atoms with E-state index in [1.54, 1.807) is 13.2 Å². The minimum Gasteiger partial charge on any atom is -0.379 e.